The van der Waals surface area contributed by atoms with Gasteiger partial charge in [0.15, 0.2) is 0 Å². The largest absolute Gasteiger partial charge is 0.193 e. The molecule has 2 heteroatoms. The van der Waals surface area contributed by atoms with Gasteiger partial charge in [-0.15, -0.1) is 11.8 Å². The van der Waals surface area contributed by atoms with Crippen LogP contribution >= 0.6 is 11.8 Å². The first kappa shape index (κ1) is 13.7. The van der Waals surface area contributed by atoms with E-state index in [1.807, 2.05) is 19.3 Å². The third-order valence-corrected chi connectivity index (χ3v) is 4.24. The third-order valence-electron chi connectivity index (χ3n) is 3.41. The molecule has 2 rings (SSSR count). The molecule has 0 aliphatic heterocycles. The summed E-state index contributed by atoms with van der Waals surface area (Å²) in [6.45, 7) is 7.97. The van der Waals surface area contributed by atoms with E-state index in [9.17, 15) is 5.26 Å². The van der Waals surface area contributed by atoms with Crippen molar-refractivity contribution in [2.45, 2.75) is 13.8 Å². The average Bonchev–Trinajstić information content (AvgIpc) is 2.61. The van der Waals surface area contributed by atoms with E-state index >= 15 is 0 Å². The molecule has 1 atom stereocenters. The van der Waals surface area contributed by atoms with Gasteiger partial charge in [0.05, 0.1) is 6.07 Å². The van der Waals surface area contributed by atoms with Crippen molar-refractivity contribution in [1.82, 2.24) is 0 Å². The van der Waals surface area contributed by atoms with Gasteiger partial charge < -0.3 is 0 Å². The Bertz CT molecular complexity index is 618. The maximum atomic E-state index is 9.25. The molecule has 2 aliphatic carbocycles. The van der Waals surface area contributed by atoms with Crippen LogP contribution < -0.4 is 0 Å². The summed E-state index contributed by atoms with van der Waals surface area (Å²) < 4.78 is 0. The zero-order valence-electron chi connectivity index (χ0n) is 11.5. The van der Waals surface area contributed by atoms with Gasteiger partial charge in [-0.05, 0) is 35.8 Å². The number of hydrogen-bond donors (Lipinski definition) is 0. The van der Waals surface area contributed by atoms with Gasteiger partial charge in [0, 0.05) is 16.1 Å². The van der Waals surface area contributed by atoms with Crippen LogP contribution in [0.3, 0.4) is 0 Å². The monoisotopic (exact) mass is 267 g/mol. The van der Waals surface area contributed by atoms with E-state index in [4.69, 9.17) is 0 Å². The first-order chi connectivity index (χ1) is 9.13. The quantitative estimate of drug-likeness (QED) is 0.677. The lowest BCUT2D eigenvalue weighted by atomic mass is 10.0. The predicted octanol–water partition coefficient (Wildman–Crippen LogP) is 4.70. The van der Waals surface area contributed by atoms with E-state index in [1.54, 1.807) is 11.8 Å². The Morgan fingerprint density at radius 3 is 2.53 bits per heavy atom. The van der Waals surface area contributed by atoms with Gasteiger partial charge in [0.2, 0.25) is 0 Å². The molecule has 0 radical (unpaired) electrons. The van der Waals surface area contributed by atoms with Crippen LogP contribution in [0.1, 0.15) is 13.8 Å². The van der Waals surface area contributed by atoms with Gasteiger partial charge in [0.1, 0.15) is 0 Å². The van der Waals surface area contributed by atoms with Crippen molar-refractivity contribution in [1.29, 1.82) is 5.26 Å². The van der Waals surface area contributed by atoms with Gasteiger partial charge >= 0.3 is 0 Å². The van der Waals surface area contributed by atoms with Gasteiger partial charge in [-0.3, -0.25) is 0 Å². The summed E-state index contributed by atoms with van der Waals surface area (Å²) >= 11 is 1.68. The molecular formula is C17H17NS. The van der Waals surface area contributed by atoms with Gasteiger partial charge in [-0.1, -0.05) is 43.9 Å². The number of nitrogens with zero attached hydrogens (tertiary/aromatic N) is 1. The van der Waals surface area contributed by atoms with Gasteiger partial charge in [-0.2, -0.15) is 5.26 Å². The van der Waals surface area contributed by atoms with Crippen molar-refractivity contribution in [3.8, 4) is 6.07 Å². The van der Waals surface area contributed by atoms with Crippen LogP contribution in [-0.4, -0.2) is 6.26 Å². The Balaban J connectivity index is 2.75. The Hall–Kier alpha value is -1.72. The van der Waals surface area contributed by atoms with Crippen molar-refractivity contribution in [2.75, 3.05) is 6.26 Å². The zero-order valence-corrected chi connectivity index (χ0v) is 12.3. The molecule has 0 bridgehead atoms. The fourth-order valence-corrected chi connectivity index (χ4v) is 3.30. The van der Waals surface area contributed by atoms with Crippen LogP contribution in [0.2, 0.25) is 0 Å². The number of nitriles is 1. The van der Waals surface area contributed by atoms with E-state index in [0.29, 0.717) is 5.92 Å². The van der Waals surface area contributed by atoms with E-state index in [2.05, 4.69) is 43.9 Å². The highest BCUT2D eigenvalue weighted by Gasteiger charge is 2.27. The minimum Gasteiger partial charge on any atom is -0.193 e. The second-order valence-corrected chi connectivity index (χ2v) is 5.48. The second-order valence-electron chi connectivity index (χ2n) is 4.67. The molecule has 0 saturated carbocycles. The second kappa shape index (κ2) is 5.50. The first-order valence-corrected chi connectivity index (χ1v) is 7.50. The molecule has 0 saturated heterocycles. The maximum absolute atomic E-state index is 9.25. The fraction of sp³-hybridized carbons (Fsp3) is 0.235. The molecular weight excluding hydrogens is 250 g/mol. The highest BCUT2D eigenvalue weighted by Crippen LogP contribution is 2.45. The van der Waals surface area contributed by atoms with Crippen LogP contribution in [0.15, 0.2) is 69.7 Å². The number of thioether (sulfide) groups is 1. The minimum absolute atomic E-state index is 0.415. The highest BCUT2D eigenvalue weighted by atomic mass is 32.2. The highest BCUT2D eigenvalue weighted by molar-refractivity contribution is 8.02. The van der Waals surface area contributed by atoms with Gasteiger partial charge in [-0.25, -0.2) is 0 Å². The maximum Gasteiger partial charge on any atom is 0.0951 e. The lowest BCUT2D eigenvalue weighted by Crippen LogP contribution is -1.90. The summed E-state index contributed by atoms with van der Waals surface area (Å²) in [5.74, 6) is 0.415. The predicted molar refractivity (Wildman–Crippen MR) is 83.5 cm³/mol. The summed E-state index contributed by atoms with van der Waals surface area (Å²) in [6, 6.07) is 2.29. The summed E-state index contributed by atoms with van der Waals surface area (Å²) in [5.41, 5.74) is 5.31. The molecule has 0 amide bonds. The Labute approximate surface area is 119 Å². The minimum atomic E-state index is 0.415. The van der Waals surface area contributed by atoms with E-state index < -0.39 is 0 Å². The number of hydrogen-bond acceptors (Lipinski definition) is 2. The first-order valence-electron chi connectivity index (χ1n) is 6.27. The molecule has 0 aromatic rings. The van der Waals surface area contributed by atoms with Crippen LogP contribution in [0.25, 0.3) is 0 Å². The summed E-state index contributed by atoms with van der Waals surface area (Å²) in [5, 5.41) is 9.25. The normalized spacial score (nSPS) is 24.2. The van der Waals surface area contributed by atoms with Crippen LogP contribution in [0.4, 0.5) is 0 Å². The van der Waals surface area contributed by atoms with Crippen molar-refractivity contribution in [3.05, 3.63) is 69.7 Å². The van der Waals surface area contributed by atoms with Crippen molar-refractivity contribution < 1.29 is 0 Å². The van der Waals surface area contributed by atoms with Crippen LogP contribution in [0, 0.1) is 17.2 Å². The van der Waals surface area contributed by atoms with Crippen LogP contribution in [0.5, 0.6) is 0 Å². The number of allylic oxidation sites excluding steroid dienone is 10. The zero-order chi connectivity index (χ0) is 14.0. The van der Waals surface area contributed by atoms with E-state index in [0.717, 1.165) is 27.2 Å². The molecule has 0 fully saturated rings. The Kier molecular flexibility index (Phi) is 3.97. The van der Waals surface area contributed by atoms with Crippen molar-refractivity contribution in [3.63, 3.8) is 0 Å². The third kappa shape index (κ3) is 2.27. The molecule has 0 aromatic carbocycles. The average molecular weight is 267 g/mol. The molecule has 2 aliphatic rings. The standard InChI is InChI=1S/C17H17NS/c1-5-13-14-8-6-11(2)7-9-15(14)16(12(3)10-18)17(13)19-4/h5-9,11H,1H2,2-4H3/b16-12-. The summed E-state index contributed by atoms with van der Waals surface area (Å²) in [6.07, 6.45) is 12.6. The number of rotatable bonds is 2. The fourth-order valence-electron chi connectivity index (χ4n) is 2.41. The SMILES string of the molecule is C=CC1=C(SC)/C(=C(/C)C#N)C2=C1C=CC(C)C=C2. The molecule has 96 valence electrons. The lowest BCUT2D eigenvalue weighted by Gasteiger charge is -2.07. The molecule has 0 spiro atoms. The molecule has 19 heavy (non-hydrogen) atoms. The summed E-state index contributed by atoms with van der Waals surface area (Å²) in [4.78, 5) is 1.16. The van der Waals surface area contributed by atoms with E-state index in [1.165, 1.54) is 5.57 Å². The van der Waals surface area contributed by atoms with Gasteiger partial charge in [0.25, 0.3) is 0 Å². The molecule has 1 nitrogen and oxygen atoms in total. The molecule has 0 N–H and O–H groups in total. The van der Waals surface area contributed by atoms with Crippen molar-refractivity contribution >= 4 is 11.8 Å². The molecule has 0 heterocycles. The van der Waals surface area contributed by atoms with Crippen LogP contribution in [-0.2, 0) is 0 Å². The lowest BCUT2D eigenvalue weighted by molar-refractivity contribution is 0.941. The smallest absolute Gasteiger partial charge is 0.0951 e. The Morgan fingerprint density at radius 2 is 2.00 bits per heavy atom. The van der Waals surface area contributed by atoms with E-state index in [-0.39, 0.29) is 0 Å². The topological polar surface area (TPSA) is 23.8 Å². The molecule has 1 unspecified atom stereocenters. The molecule has 0 aromatic heterocycles. The van der Waals surface area contributed by atoms with Crippen molar-refractivity contribution in [2.24, 2.45) is 5.92 Å². The summed E-state index contributed by atoms with van der Waals surface area (Å²) in [7, 11) is 0. The Morgan fingerprint density at radius 1 is 1.37 bits per heavy atom.